The third-order valence-corrected chi connectivity index (χ3v) is 19.0. The molecule has 0 aliphatic carbocycles. The van der Waals surface area contributed by atoms with E-state index in [2.05, 4.69) is 38.0 Å². The van der Waals surface area contributed by atoms with Crippen LogP contribution in [0.25, 0.3) is 56.0 Å². The first-order chi connectivity index (χ1) is 42.7. The number of aromatic nitrogens is 7. The van der Waals surface area contributed by atoms with Crippen molar-refractivity contribution in [2.75, 3.05) is 61.1 Å². The highest BCUT2D eigenvalue weighted by atomic mass is 35.5. The Morgan fingerprint density at radius 1 is 0.689 bits per heavy atom. The molecule has 20 nitrogen and oxygen atoms in total. The minimum atomic E-state index is -3.73. The summed E-state index contributed by atoms with van der Waals surface area (Å²) in [5.41, 5.74) is 3.00. The summed E-state index contributed by atoms with van der Waals surface area (Å²) in [6.07, 6.45) is 4.44. The van der Waals surface area contributed by atoms with Gasteiger partial charge in [-0.3, -0.25) is 28.5 Å². The standard InChI is InChI=1S/C33H34ClFN6O4.C32H34F2N6O4S/c1-7-24(43)39-13-19-14-45-31-29(40(19)12-18(39)6)20-11-21(34)28(25-22(35)9-8-10-23(25)42)38-32(20)41(33(31)44)30-26(16(2)3)36-15-37-27(30)17(4)5;1-7-45(43,44)39-16-20-15-37(6)30-29(38(20)14-19(39)5)21-13-23(34)27(25-22(33)9-8-10-24(25)41)36-31(21)40(32(30)42)28-18(4)11-12-35-26(28)17(2)3/h7-11,15-19,42H,1,12-14H2,2-6H3;7-13,17,19-20,41H,1,14-16H2,2-6H3. The molecule has 1 amide bonds. The number of piperazine rings is 2. The van der Waals surface area contributed by atoms with Crippen molar-refractivity contribution < 1.29 is 41.3 Å². The predicted octanol–water partition coefficient (Wildman–Crippen LogP) is 10.2. The maximum atomic E-state index is 16.1. The molecule has 90 heavy (non-hydrogen) atoms. The van der Waals surface area contributed by atoms with Crippen molar-refractivity contribution in [2.45, 2.75) is 104 Å². The molecule has 0 saturated carbocycles. The van der Waals surface area contributed by atoms with Gasteiger partial charge in [-0.15, -0.1) is 0 Å². The number of pyridine rings is 5. The number of amides is 1. The first-order valence-electron chi connectivity index (χ1n) is 29.5. The summed E-state index contributed by atoms with van der Waals surface area (Å²) in [6.45, 7) is 26.1. The van der Waals surface area contributed by atoms with Crippen molar-refractivity contribution in [3.05, 3.63) is 158 Å². The maximum Gasteiger partial charge on any atom is 0.301 e. The van der Waals surface area contributed by atoms with E-state index in [1.165, 1.54) is 62.2 Å². The fourth-order valence-electron chi connectivity index (χ4n) is 12.9. The Kier molecular flexibility index (Phi) is 16.6. The predicted molar refractivity (Wildman–Crippen MR) is 342 cm³/mol. The first-order valence-corrected chi connectivity index (χ1v) is 31.4. The molecular formula is C65H68ClF3N12O8S. The second-order valence-electron chi connectivity index (χ2n) is 24.1. The fourth-order valence-corrected chi connectivity index (χ4v) is 14.3. The summed E-state index contributed by atoms with van der Waals surface area (Å²) in [4.78, 5) is 72.7. The van der Waals surface area contributed by atoms with Gasteiger partial charge in [-0.1, -0.05) is 78.4 Å². The van der Waals surface area contributed by atoms with Gasteiger partial charge in [0.1, 0.15) is 47.4 Å². The normalized spacial score (nSPS) is 18.3. The molecule has 4 aliphatic heterocycles. The van der Waals surface area contributed by atoms with Crippen LogP contribution >= 0.6 is 11.6 Å². The van der Waals surface area contributed by atoms with Crippen molar-refractivity contribution in [3.8, 4) is 51.1 Å². The highest BCUT2D eigenvalue weighted by molar-refractivity contribution is 7.92. The molecule has 12 rings (SSSR count). The number of hydrogen-bond acceptors (Lipinski definition) is 16. The number of rotatable bonds is 10. The third-order valence-electron chi connectivity index (χ3n) is 17.1. The average Bonchev–Trinajstić information content (AvgIpc) is 0.721. The van der Waals surface area contributed by atoms with Crippen LogP contribution in [-0.4, -0.2) is 138 Å². The number of benzene rings is 2. The minimum Gasteiger partial charge on any atom is -0.507 e. The second-order valence-corrected chi connectivity index (χ2v) is 26.3. The second kappa shape index (κ2) is 23.8. The van der Waals surface area contributed by atoms with Gasteiger partial charge < -0.3 is 34.5 Å². The molecule has 4 atom stereocenters. The Bertz CT molecular complexity index is 4480. The molecule has 470 valence electrons. The fraction of sp³-hybridized carbons (Fsp3) is 0.354. The number of carbonyl (C=O) groups excluding carboxylic acids is 1. The molecule has 25 heteroatoms. The SMILES string of the molecule is C=CC(=O)N1CC2COc3c(c4cc(Cl)c(-c5c(O)cccc5F)nc4n(-c4c(C(C)C)ncnc4C(C)C)c3=O)N2CC1C.C=CS(=O)(=O)N1CC2CN(C)c3c(c4cc(F)c(-c5c(O)cccc5F)nc4n(-c4c(C)ccnc4C(C)C)c3=O)N2CC1C. The molecule has 10 heterocycles. The lowest BCUT2D eigenvalue weighted by atomic mass is 9.99. The van der Waals surface area contributed by atoms with Crippen LogP contribution in [0.2, 0.25) is 5.02 Å². The molecule has 6 aromatic heterocycles. The van der Waals surface area contributed by atoms with Crippen LogP contribution in [0.1, 0.15) is 95.8 Å². The lowest BCUT2D eigenvalue weighted by Crippen LogP contribution is -2.63. The van der Waals surface area contributed by atoms with Crippen molar-refractivity contribution >= 4 is 66.7 Å². The smallest absolute Gasteiger partial charge is 0.301 e. The van der Waals surface area contributed by atoms with Crippen LogP contribution in [-0.2, 0) is 14.8 Å². The number of phenols is 2. The molecule has 2 saturated heterocycles. The molecule has 8 aromatic rings. The van der Waals surface area contributed by atoms with Gasteiger partial charge in [0.15, 0.2) is 17.1 Å². The topological polar surface area (TPSA) is 226 Å². The number of hydrogen-bond donors (Lipinski definition) is 2. The van der Waals surface area contributed by atoms with Crippen LogP contribution < -0.4 is 30.6 Å². The molecule has 0 bridgehead atoms. The number of aryl methyl sites for hydroxylation is 1. The van der Waals surface area contributed by atoms with Crippen molar-refractivity contribution in [1.29, 1.82) is 0 Å². The monoisotopic (exact) mass is 1270 g/mol. The number of likely N-dealkylation sites (N-methyl/N-ethyl adjacent to an activating group) is 1. The molecular weight excluding hydrogens is 1200 g/mol. The van der Waals surface area contributed by atoms with Gasteiger partial charge >= 0.3 is 5.56 Å². The average molecular weight is 1270 g/mol. The highest BCUT2D eigenvalue weighted by Crippen LogP contribution is 2.47. The zero-order chi connectivity index (χ0) is 64.8. The number of aromatic hydroxyl groups is 2. The van der Waals surface area contributed by atoms with Gasteiger partial charge in [0.25, 0.3) is 5.56 Å². The van der Waals surface area contributed by atoms with E-state index in [4.69, 9.17) is 21.3 Å². The van der Waals surface area contributed by atoms with Gasteiger partial charge in [-0.05, 0) is 92.6 Å². The lowest BCUT2D eigenvalue weighted by Gasteiger charge is -2.50. The number of halogens is 4. The summed E-state index contributed by atoms with van der Waals surface area (Å²) in [5, 5.41) is 23.0. The molecule has 2 aromatic carbocycles. The van der Waals surface area contributed by atoms with E-state index in [1.807, 2.05) is 60.3 Å². The molecule has 2 N–H and O–H groups in total. The van der Waals surface area contributed by atoms with Gasteiger partial charge in [0.05, 0.1) is 73.8 Å². The van der Waals surface area contributed by atoms with E-state index < -0.39 is 61.6 Å². The van der Waals surface area contributed by atoms with E-state index in [0.717, 1.165) is 17.0 Å². The number of fused-ring (bicyclic) bond motifs is 10. The Morgan fingerprint density at radius 3 is 1.83 bits per heavy atom. The molecule has 0 radical (unpaired) electrons. The largest absolute Gasteiger partial charge is 0.507 e. The van der Waals surface area contributed by atoms with Gasteiger partial charge in [0.2, 0.25) is 21.7 Å². The Balaban J connectivity index is 0.000000185. The Labute approximate surface area is 522 Å². The van der Waals surface area contributed by atoms with Crippen molar-refractivity contribution in [1.82, 2.24) is 43.3 Å². The summed E-state index contributed by atoms with van der Waals surface area (Å²) in [5.74, 6) is -3.69. The van der Waals surface area contributed by atoms with Crippen LogP contribution in [0.4, 0.5) is 30.2 Å². The zero-order valence-corrected chi connectivity index (χ0v) is 52.9. The van der Waals surface area contributed by atoms with E-state index in [0.29, 0.717) is 70.5 Å². The Morgan fingerprint density at radius 2 is 1.24 bits per heavy atom. The van der Waals surface area contributed by atoms with E-state index in [9.17, 15) is 33.0 Å². The number of phenolic OH excluding ortho intramolecular Hbond substituents is 2. The molecule has 2 fully saturated rings. The zero-order valence-electron chi connectivity index (χ0n) is 51.3. The molecule has 0 spiro atoms. The first kappa shape index (κ1) is 62.7. The van der Waals surface area contributed by atoms with Crippen molar-refractivity contribution in [2.24, 2.45) is 0 Å². The van der Waals surface area contributed by atoms with Gasteiger partial charge in [0, 0.05) is 74.2 Å². The van der Waals surface area contributed by atoms with Gasteiger partial charge in [-0.2, -0.15) is 4.31 Å². The molecule has 4 unspecified atom stereocenters. The van der Waals surface area contributed by atoms with E-state index >= 15 is 13.2 Å². The number of ether oxygens (including phenoxy) is 1. The van der Waals surface area contributed by atoms with Crippen LogP contribution in [0, 0.1) is 24.4 Å². The Hall–Kier alpha value is -8.87. The van der Waals surface area contributed by atoms with Crippen LogP contribution in [0.15, 0.2) is 101 Å². The summed E-state index contributed by atoms with van der Waals surface area (Å²) in [6, 6.07) is 10.9. The number of carbonyl (C=O) groups is 1. The molecule has 4 aliphatic rings. The van der Waals surface area contributed by atoms with Crippen LogP contribution in [0.3, 0.4) is 0 Å². The van der Waals surface area contributed by atoms with E-state index in [1.54, 1.807) is 42.1 Å². The number of anilines is 3. The maximum absolute atomic E-state index is 16.1. The van der Waals surface area contributed by atoms with Crippen molar-refractivity contribution in [3.63, 3.8) is 0 Å². The lowest BCUT2D eigenvalue weighted by molar-refractivity contribution is -0.129. The minimum absolute atomic E-state index is 0.0232. The summed E-state index contributed by atoms with van der Waals surface area (Å²) in [7, 11) is -1.99. The number of sulfonamides is 1. The summed E-state index contributed by atoms with van der Waals surface area (Å²) < 4.78 is 82.6. The summed E-state index contributed by atoms with van der Waals surface area (Å²) >= 11 is 6.84. The quantitative estimate of drug-likeness (QED) is 0.121. The third kappa shape index (κ3) is 10.4. The highest BCUT2D eigenvalue weighted by Gasteiger charge is 2.45. The van der Waals surface area contributed by atoms with E-state index in [-0.39, 0.29) is 106 Å². The van der Waals surface area contributed by atoms with Crippen LogP contribution in [0.5, 0.6) is 17.2 Å². The number of nitrogens with zero attached hydrogens (tertiary/aromatic N) is 12. The van der Waals surface area contributed by atoms with Gasteiger partial charge in [-0.25, -0.2) is 41.5 Å².